The number of hydrogen-bond acceptors (Lipinski definition) is 4. The van der Waals surface area contributed by atoms with Crippen molar-refractivity contribution in [3.05, 3.63) is 92.9 Å². The maximum atomic E-state index is 13.1. The summed E-state index contributed by atoms with van der Waals surface area (Å²) < 4.78 is 11.3. The fraction of sp³-hybridized carbons (Fsp3) is 0.280. The lowest BCUT2D eigenvalue weighted by Gasteiger charge is -2.23. The van der Waals surface area contributed by atoms with E-state index in [2.05, 4.69) is 10.3 Å². The maximum Gasteiger partial charge on any atom is 0.261 e. The van der Waals surface area contributed by atoms with Gasteiger partial charge in [0.15, 0.2) is 11.5 Å². The van der Waals surface area contributed by atoms with E-state index >= 15 is 0 Å². The number of carbonyl (C=O) groups excluding carboxylic acids is 1. The molecular formula is C25H26N2O4. The third-order valence-corrected chi connectivity index (χ3v) is 5.50. The molecule has 0 bridgehead atoms. The smallest absolute Gasteiger partial charge is 0.261 e. The van der Waals surface area contributed by atoms with Gasteiger partial charge in [0.25, 0.3) is 11.5 Å². The zero-order valence-corrected chi connectivity index (χ0v) is 17.7. The topological polar surface area (TPSA) is 80.4 Å². The summed E-state index contributed by atoms with van der Waals surface area (Å²) >= 11 is 0. The largest absolute Gasteiger partial charge is 0.486 e. The molecule has 2 heterocycles. The fourth-order valence-electron chi connectivity index (χ4n) is 3.82. The summed E-state index contributed by atoms with van der Waals surface area (Å²) in [4.78, 5) is 28.4. The Morgan fingerprint density at radius 2 is 1.81 bits per heavy atom. The van der Waals surface area contributed by atoms with Crippen LogP contribution in [0.1, 0.15) is 45.7 Å². The normalized spacial score (nSPS) is 13.5. The molecule has 4 rings (SSSR count). The van der Waals surface area contributed by atoms with Gasteiger partial charge < -0.3 is 19.8 Å². The zero-order chi connectivity index (χ0) is 21.8. The highest BCUT2D eigenvalue weighted by Crippen LogP contribution is 2.33. The van der Waals surface area contributed by atoms with Crippen LogP contribution in [0.2, 0.25) is 0 Å². The minimum absolute atomic E-state index is 0.116. The minimum atomic E-state index is -0.400. The van der Waals surface area contributed by atoms with Crippen LogP contribution in [0.3, 0.4) is 0 Å². The van der Waals surface area contributed by atoms with Crippen LogP contribution < -0.4 is 20.3 Å². The summed E-state index contributed by atoms with van der Waals surface area (Å²) in [5.41, 5.74) is 3.44. The number of amides is 1. The van der Waals surface area contributed by atoms with Gasteiger partial charge in [-0.1, -0.05) is 43.3 Å². The van der Waals surface area contributed by atoms with Crippen molar-refractivity contribution in [3.8, 4) is 11.5 Å². The van der Waals surface area contributed by atoms with E-state index in [1.807, 2.05) is 62.4 Å². The lowest BCUT2D eigenvalue weighted by Crippen LogP contribution is -2.34. The summed E-state index contributed by atoms with van der Waals surface area (Å²) in [5, 5.41) is 3.06. The maximum absolute atomic E-state index is 13.1. The highest BCUT2D eigenvalue weighted by atomic mass is 16.6. The summed E-state index contributed by atoms with van der Waals surface area (Å²) in [6, 6.07) is 16.9. The van der Waals surface area contributed by atoms with Crippen LogP contribution >= 0.6 is 0 Å². The van der Waals surface area contributed by atoms with Crippen molar-refractivity contribution in [2.45, 2.75) is 32.7 Å². The van der Waals surface area contributed by atoms with E-state index < -0.39 is 5.91 Å². The molecule has 0 saturated carbocycles. The number of hydrogen-bond donors (Lipinski definition) is 2. The second-order valence-electron chi connectivity index (χ2n) is 7.65. The summed E-state index contributed by atoms with van der Waals surface area (Å²) in [6.45, 7) is 4.88. The molecule has 1 amide bonds. The lowest BCUT2D eigenvalue weighted by molar-refractivity contribution is 0.0934. The van der Waals surface area contributed by atoms with E-state index in [1.54, 1.807) is 6.07 Å². The van der Waals surface area contributed by atoms with E-state index in [0.717, 1.165) is 22.4 Å². The molecule has 0 aliphatic carbocycles. The number of carbonyl (C=O) groups is 1. The number of benzene rings is 2. The molecule has 6 heteroatoms. The highest BCUT2D eigenvalue weighted by Gasteiger charge is 2.22. The van der Waals surface area contributed by atoms with Crippen molar-refractivity contribution >= 4 is 5.91 Å². The molecular weight excluding hydrogens is 392 g/mol. The molecule has 1 aliphatic rings. The van der Waals surface area contributed by atoms with E-state index in [4.69, 9.17) is 9.47 Å². The van der Waals surface area contributed by atoms with E-state index in [1.165, 1.54) is 0 Å². The zero-order valence-electron chi connectivity index (χ0n) is 17.7. The second-order valence-corrected chi connectivity index (χ2v) is 7.65. The van der Waals surface area contributed by atoms with Crippen molar-refractivity contribution in [1.82, 2.24) is 10.3 Å². The van der Waals surface area contributed by atoms with Gasteiger partial charge in [-0.25, -0.2) is 0 Å². The molecule has 1 aliphatic heterocycles. The Morgan fingerprint density at radius 1 is 1.06 bits per heavy atom. The van der Waals surface area contributed by atoms with Crippen molar-refractivity contribution in [2.24, 2.45) is 0 Å². The molecule has 6 nitrogen and oxygen atoms in total. The Balaban J connectivity index is 1.66. The molecule has 2 aromatic carbocycles. The molecule has 0 saturated heterocycles. The molecule has 160 valence electrons. The quantitative estimate of drug-likeness (QED) is 0.639. The number of ether oxygens (including phenoxy) is 2. The standard InChI is InChI=1S/C25H26N2O4/c1-3-20-16(2)13-19(24(28)26-20)25(29)27-21(14-17-7-5-4-6-8-17)18-9-10-22-23(15-18)31-12-11-30-22/h4-10,13,15,21H,3,11-12,14H2,1-2H3,(H,26,28)(H,27,29)/t21-/m0/s1. The van der Waals surface area contributed by atoms with Crippen molar-refractivity contribution < 1.29 is 14.3 Å². The molecule has 31 heavy (non-hydrogen) atoms. The Kier molecular flexibility index (Phi) is 6.07. The Labute approximate surface area is 181 Å². The van der Waals surface area contributed by atoms with Gasteiger partial charge in [0.05, 0.1) is 6.04 Å². The third kappa shape index (κ3) is 4.63. The van der Waals surface area contributed by atoms with Gasteiger partial charge in [-0.15, -0.1) is 0 Å². The van der Waals surface area contributed by atoms with Crippen LogP contribution in [0.25, 0.3) is 0 Å². The van der Waals surface area contributed by atoms with Crippen LogP contribution in [0.4, 0.5) is 0 Å². The molecule has 3 aromatic rings. The van der Waals surface area contributed by atoms with Gasteiger partial charge in [0.1, 0.15) is 18.8 Å². The molecule has 0 fully saturated rings. The monoisotopic (exact) mass is 418 g/mol. The number of aromatic amines is 1. The average Bonchev–Trinajstić information content (AvgIpc) is 2.80. The predicted molar refractivity (Wildman–Crippen MR) is 119 cm³/mol. The number of pyridine rings is 1. The van der Waals surface area contributed by atoms with Crippen molar-refractivity contribution in [1.29, 1.82) is 0 Å². The van der Waals surface area contributed by atoms with Gasteiger partial charge in [-0.3, -0.25) is 9.59 Å². The number of fused-ring (bicyclic) bond motifs is 1. The number of H-pyrrole nitrogens is 1. The van der Waals surface area contributed by atoms with Crippen LogP contribution in [0.5, 0.6) is 11.5 Å². The van der Waals surface area contributed by atoms with Crippen molar-refractivity contribution in [2.75, 3.05) is 13.2 Å². The first-order chi connectivity index (χ1) is 15.0. The number of rotatable bonds is 6. The summed E-state index contributed by atoms with van der Waals surface area (Å²) in [7, 11) is 0. The number of aryl methyl sites for hydroxylation is 2. The van der Waals surface area contributed by atoms with Gasteiger partial charge >= 0.3 is 0 Å². The number of nitrogens with one attached hydrogen (secondary N) is 2. The Morgan fingerprint density at radius 3 is 2.55 bits per heavy atom. The van der Waals surface area contributed by atoms with Crippen LogP contribution in [-0.2, 0) is 12.8 Å². The first kappa shape index (κ1) is 20.7. The fourth-order valence-corrected chi connectivity index (χ4v) is 3.82. The first-order valence-electron chi connectivity index (χ1n) is 10.5. The average molecular weight is 418 g/mol. The van der Waals surface area contributed by atoms with Crippen molar-refractivity contribution in [3.63, 3.8) is 0 Å². The van der Waals surface area contributed by atoms with Crippen LogP contribution in [0.15, 0.2) is 59.4 Å². The molecule has 0 radical (unpaired) electrons. The number of aromatic nitrogens is 1. The van der Waals surface area contributed by atoms with Gasteiger partial charge in [-0.2, -0.15) is 0 Å². The SMILES string of the molecule is CCc1[nH]c(=O)c(C(=O)N[C@@H](Cc2ccccc2)c2ccc3c(c2)OCCO3)cc1C. The van der Waals surface area contributed by atoms with E-state index in [9.17, 15) is 9.59 Å². The summed E-state index contributed by atoms with van der Waals surface area (Å²) in [5.74, 6) is 0.960. The predicted octanol–water partition coefficient (Wildman–Crippen LogP) is 3.73. The third-order valence-electron chi connectivity index (χ3n) is 5.50. The van der Waals surface area contributed by atoms with E-state index in [-0.39, 0.29) is 17.2 Å². The molecule has 0 spiro atoms. The molecule has 1 atom stereocenters. The van der Waals surface area contributed by atoms with Gasteiger partial charge in [0, 0.05) is 5.69 Å². The Hall–Kier alpha value is -3.54. The molecule has 2 N–H and O–H groups in total. The second kappa shape index (κ2) is 9.08. The highest BCUT2D eigenvalue weighted by molar-refractivity contribution is 5.94. The summed E-state index contributed by atoms with van der Waals surface area (Å²) in [6.07, 6.45) is 1.28. The van der Waals surface area contributed by atoms with E-state index in [0.29, 0.717) is 37.6 Å². The first-order valence-corrected chi connectivity index (χ1v) is 10.5. The lowest BCUT2D eigenvalue weighted by atomic mass is 9.97. The minimum Gasteiger partial charge on any atom is -0.486 e. The molecule has 1 aromatic heterocycles. The van der Waals surface area contributed by atoms with Gasteiger partial charge in [-0.05, 0) is 54.7 Å². The van der Waals surface area contributed by atoms with Crippen LogP contribution in [-0.4, -0.2) is 24.1 Å². The van der Waals surface area contributed by atoms with Crippen LogP contribution in [0, 0.1) is 6.92 Å². The van der Waals surface area contributed by atoms with Gasteiger partial charge in [0.2, 0.25) is 0 Å². The Bertz CT molecular complexity index is 1140. The molecule has 0 unspecified atom stereocenters.